The number of fused-ring (bicyclic) bond motifs is 1. The van der Waals surface area contributed by atoms with Crippen LogP contribution < -0.4 is 18.1 Å². The van der Waals surface area contributed by atoms with E-state index in [2.05, 4.69) is 0 Å². The van der Waals surface area contributed by atoms with E-state index in [9.17, 15) is 36.0 Å². The third-order valence-electron chi connectivity index (χ3n) is 8.39. The second-order valence-corrected chi connectivity index (χ2v) is 17.2. The van der Waals surface area contributed by atoms with Crippen LogP contribution in [0.15, 0.2) is 94.7 Å². The van der Waals surface area contributed by atoms with Crippen molar-refractivity contribution in [3.8, 4) is 11.5 Å². The van der Waals surface area contributed by atoms with Crippen LogP contribution in [0.25, 0.3) is 10.8 Å². The summed E-state index contributed by atoms with van der Waals surface area (Å²) in [5.41, 5.74) is 0.0316. The number of ether oxygens (including phenoxy) is 2. The van der Waals surface area contributed by atoms with Gasteiger partial charge in [0, 0.05) is 35.4 Å². The molecular formula is C34H32N4O10S4. The number of nitrogens with zero attached hydrogens (tertiary/aromatic N) is 4. The summed E-state index contributed by atoms with van der Waals surface area (Å²) in [4.78, 5) is 53.7. The normalized spacial score (nSPS) is 14.9. The van der Waals surface area contributed by atoms with E-state index in [1.54, 1.807) is 24.3 Å². The van der Waals surface area contributed by atoms with Crippen LogP contribution in [0, 0.1) is 0 Å². The van der Waals surface area contributed by atoms with Gasteiger partial charge in [-0.1, -0.05) is 47.8 Å². The lowest BCUT2D eigenvalue weighted by molar-refractivity contribution is -0.126. The van der Waals surface area contributed by atoms with E-state index in [0.29, 0.717) is 23.0 Å². The third kappa shape index (κ3) is 7.15. The first kappa shape index (κ1) is 37.0. The van der Waals surface area contributed by atoms with Crippen LogP contribution in [-0.2, 0) is 29.6 Å². The molecule has 272 valence electrons. The summed E-state index contributed by atoms with van der Waals surface area (Å²) in [6.45, 7) is -1.26. The molecule has 14 nitrogen and oxygen atoms in total. The van der Waals surface area contributed by atoms with Gasteiger partial charge in [0.05, 0.1) is 35.4 Å². The average Bonchev–Trinajstić information content (AvgIpc) is 3.80. The highest BCUT2D eigenvalue weighted by molar-refractivity contribution is 8.14. The molecule has 0 spiro atoms. The molecule has 0 aliphatic carbocycles. The molecule has 4 aromatic carbocycles. The van der Waals surface area contributed by atoms with Gasteiger partial charge in [-0.2, -0.15) is 0 Å². The Morgan fingerprint density at radius 1 is 0.615 bits per heavy atom. The fourth-order valence-electron chi connectivity index (χ4n) is 5.71. The Morgan fingerprint density at radius 2 is 0.981 bits per heavy atom. The van der Waals surface area contributed by atoms with E-state index in [1.165, 1.54) is 74.9 Å². The number of carbonyl (C=O) groups excluding carboxylic acids is 4. The van der Waals surface area contributed by atoms with Gasteiger partial charge in [0.1, 0.15) is 24.6 Å². The van der Waals surface area contributed by atoms with Gasteiger partial charge in [0.15, 0.2) is 0 Å². The maximum absolute atomic E-state index is 14.4. The number of methoxy groups -OCH3 is 2. The number of hydrogen-bond donors (Lipinski definition) is 0. The van der Waals surface area contributed by atoms with E-state index >= 15 is 0 Å². The SMILES string of the molecule is COc1ccc(S(=O)(=O)N(CC(=O)N2CCSC2=O)c2ccc(N(CC(=O)N3CCSC3=O)S(=O)(=O)c3ccc(OC)cc3)c3ccccc23)cc1. The van der Waals surface area contributed by atoms with Gasteiger partial charge in [-0.25, -0.2) is 16.8 Å². The third-order valence-corrected chi connectivity index (χ3v) is 13.6. The molecule has 4 amide bonds. The molecule has 0 aromatic heterocycles. The molecular weight excluding hydrogens is 753 g/mol. The van der Waals surface area contributed by atoms with Crippen LogP contribution in [-0.4, -0.2) is 101 Å². The zero-order chi connectivity index (χ0) is 37.2. The molecule has 6 rings (SSSR count). The minimum atomic E-state index is -4.49. The summed E-state index contributed by atoms with van der Waals surface area (Å²) in [6.07, 6.45) is 0. The molecule has 18 heteroatoms. The molecule has 2 fully saturated rings. The number of hydrogen-bond acceptors (Lipinski definition) is 12. The zero-order valence-electron chi connectivity index (χ0n) is 27.8. The molecule has 0 saturated carbocycles. The number of benzene rings is 4. The Labute approximate surface area is 308 Å². The fourth-order valence-corrected chi connectivity index (χ4v) is 10.2. The summed E-state index contributed by atoms with van der Waals surface area (Å²) in [5.74, 6) is 0.0417. The monoisotopic (exact) mass is 784 g/mol. The first-order valence-corrected chi connectivity index (χ1v) is 20.5. The van der Waals surface area contributed by atoms with Crippen molar-refractivity contribution in [2.24, 2.45) is 0 Å². The molecule has 0 unspecified atom stereocenters. The quantitative estimate of drug-likeness (QED) is 0.196. The van der Waals surface area contributed by atoms with Crippen LogP contribution in [0.4, 0.5) is 21.0 Å². The predicted molar refractivity (Wildman–Crippen MR) is 198 cm³/mol. The molecule has 0 radical (unpaired) electrons. The number of imide groups is 2. The molecule has 52 heavy (non-hydrogen) atoms. The second kappa shape index (κ2) is 15.1. The lowest BCUT2D eigenvalue weighted by atomic mass is 10.1. The maximum atomic E-state index is 14.4. The van der Waals surface area contributed by atoms with Crippen molar-refractivity contribution in [3.05, 3.63) is 84.9 Å². The average molecular weight is 785 g/mol. The molecule has 2 aliphatic heterocycles. The van der Waals surface area contributed by atoms with Crippen LogP contribution >= 0.6 is 23.5 Å². The summed E-state index contributed by atoms with van der Waals surface area (Å²) >= 11 is 1.90. The lowest BCUT2D eigenvalue weighted by Crippen LogP contribution is -2.44. The Morgan fingerprint density at radius 3 is 1.29 bits per heavy atom. The summed E-state index contributed by atoms with van der Waals surface area (Å²) < 4.78 is 69.6. The smallest absolute Gasteiger partial charge is 0.288 e. The highest BCUT2D eigenvalue weighted by Gasteiger charge is 2.37. The first-order valence-electron chi connectivity index (χ1n) is 15.7. The first-order chi connectivity index (χ1) is 24.9. The Kier molecular flexibility index (Phi) is 10.7. The van der Waals surface area contributed by atoms with Crippen LogP contribution in [0.1, 0.15) is 0 Å². The number of sulfonamides is 2. The number of carbonyl (C=O) groups is 4. The zero-order valence-corrected chi connectivity index (χ0v) is 31.1. The summed E-state index contributed by atoms with van der Waals surface area (Å²) in [7, 11) is -6.12. The topological polar surface area (TPSA) is 168 Å². The van der Waals surface area contributed by atoms with Gasteiger partial charge in [0.2, 0.25) is 0 Å². The Bertz CT molecular complexity index is 2110. The van der Waals surface area contributed by atoms with Crippen molar-refractivity contribution in [3.63, 3.8) is 0 Å². The van der Waals surface area contributed by atoms with Crippen molar-refractivity contribution in [1.82, 2.24) is 9.80 Å². The van der Waals surface area contributed by atoms with Crippen LogP contribution in [0.3, 0.4) is 0 Å². The van der Waals surface area contributed by atoms with Crippen LogP contribution in [0.2, 0.25) is 0 Å². The summed E-state index contributed by atoms with van der Waals surface area (Å²) in [5, 5.41) is -0.541. The number of rotatable bonds is 12. The van der Waals surface area contributed by atoms with E-state index in [4.69, 9.17) is 9.47 Å². The van der Waals surface area contributed by atoms with Crippen molar-refractivity contribution < 1.29 is 45.5 Å². The van der Waals surface area contributed by atoms with E-state index in [0.717, 1.165) is 41.9 Å². The molecule has 2 saturated heterocycles. The minimum Gasteiger partial charge on any atom is -0.497 e. The van der Waals surface area contributed by atoms with Crippen LogP contribution in [0.5, 0.6) is 11.5 Å². The van der Waals surface area contributed by atoms with Crippen molar-refractivity contribution >= 4 is 88.0 Å². The number of amides is 4. The van der Waals surface area contributed by atoms with Crippen molar-refractivity contribution in [2.75, 3.05) is 60.5 Å². The highest BCUT2D eigenvalue weighted by Crippen LogP contribution is 2.39. The van der Waals surface area contributed by atoms with Gasteiger partial charge < -0.3 is 9.47 Å². The molecule has 2 heterocycles. The lowest BCUT2D eigenvalue weighted by Gasteiger charge is -2.30. The molecule has 0 N–H and O–H groups in total. The van der Waals surface area contributed by atoms with Crippen molar-refractivity contribution in [2.45, 2.75) is 9.79 Å². The number of anilines is 2. The van der Waals surface area contributed by atoms with Crippen molar-refractivity contribution in [1.29, 1.82) is 0 Å². The van der Waals surface area contributed by atoms with Gasteiger partial charge in [0.25, 0.3) is 42.3 Å². The minimum absolute atomic E-state index is 0.0158. The van der Waals surface area contributed by atoms with Gasteiger partial charge in [-0.3, -0.25) is 37.6 Å². The Hall–Kier alpha value is -4.78. The Balaban J connectivity index is 1.51. The molecule has 4 aromatic rings. The van der Waals surface area contributed by atoms with Gasteiger partial charge in [-0.15, -0.1) is 0 Å². The summed E-state index contributed by atoms with van der Waals surface area (Å²) in [6, 6.07) is 20.2. The molecule has 0 bridgehead atoms. The molecule has 2 aliphatic rings. The van der Waals surface area contributed by atoms with Gasteiger partial charge in [-0.05, 0) is 60.7 Å². The predicted octanol–water partition coefficient (Wildman–Crippen LogP) is 4.64. The largest absolute Gasteiger partial charge is 0.497 e. The molecule has 0 atom stereocenters. The fraction of sp³-hybridized carbons (Fsp3) is 0.235. The van der Waals surface area contributed by atoms with E-state index < -0.39 is 55.4 Å². The number of thioether (sulfide) groups is 2. The standard InChI is InChI=1S/C34H32N4O10S4/c1-47-23-7-11-25(12-8-23)51(43,44)37(21-31(39)35-17-19-49-33(35)41)29-15-16-30(28-6-4-3-5-27(28)29)38(22-32(40)36-18-20-50-34(36)42)52(45,46)26-13-9-24(48-2)10-14-26/h3-16H,17-22H2,1-2H3. The van der Waals surface area contributed by atoms with E-state index in [1.807, 2.05) is 0 Å². The van der Waals surface area contributed by atoms with Gasteiger partial charge >= 0.3 is 0 Å². The highest BCUT2D eigenvalue weighted by atomic mass is 32.2. The second-order valence-electron chi connectivity index (χ2n) is 11.3. The maximum Gasteiger partial charge on any atom is 0.288 e. The van der Waals surface area contributed by atoms with E-state index in [-0.39, 0.29) is 45.0 Å².